The SMILES string of the molecule is CC1CC(O)C(C(C)CO)C1CO. The van der Waals surface area contributed by atoms with Crippen LogP contribution in [0, 0.1) is 23.7 Å². The van der Waals surface area contributed by atoms with Crippen molar-refractivity contribution in [2.75, 3.05) is 13.2 Å². The van der Waals surface area contributed by atoms with E-state index in [0.29, 0.717) is 5.92 Å². The predicted molar refractivity (Wildman–Crippen MR) is 50.1 cm³/mol. The van der Waals surface area contributed by atoms with Crippen LogP contribution >= 0.6 is 0 Å². The van der Waals surface area contributed by atoms with E-state index >= 15 is 0 Å². The first-order valence-electron chi connectivity index (χ1n) is 5.01. The molecule has 3 heteroatoms. The Kier molecular flexibility index (Phi) is 3.71. The molecule has 0 bridgehead atoms. The molecule has 1 aliphatic rings. The minimum Gasteiger partial charge on any atom is -0.396 e. The Hall–Kier alpha value is -0.120. The molecular weight excluding hydrogens is 168 g/mol. The van der Waals surface area contributed by atoms with E-state index in [-0.39, 0.29) is 37.1 Å². The van der Waals surface area contributed by atoms with Crippen LogP contribution in [0.25, 0.3) is 0 Å². The highest BCUT2D eigenvalue weighted by Gasteiger charge is 2.42. The fourth-order valence-corrected chi connectivity index (χ4v) is 2.60. The second-order valence-electron chi connectivity index (χ2n) is 4.36. The molecule has 3 N–H and O–H groups in total. The summed E-state index contributed by atoms with van der Waals surface area (Å²) in [6.07, 6.45) is 0.398. The Bertz CT molecular complexity index is 156. The second-order valence-corrected chi connectivity index (χ2v) is 4.36. The molecule has 5 unspecified atom stereocenters. The van der Waals surface area contributed by atoms with E-state index in [0.717, 1.165) is 6.42 Å². The van der Waals surface area contributed by atoms with Crippen LogP contribution in [-0.2, 0) is 0 Å². The molecule has 0 saturated heterocycles. The van der Waals surface area contributed by atoms with Gasteiger partial charge in [0.25, 0.3) is 0 Å². The Balaban J connectivity index is 2.68. The lowest BCUT2D eigenvalue weighted by atomic mass is 9.82. The summed E-state index contributed by atoms with van der Waals surface area (Å²) in [6.45, 7) is 4.18. The van der Waals surface area contributed by atoms with Gasteiger partial charge in [-0.15, -0.1) is 0 Å². The number of aliphatic hydroxyl groups is 3. The summed E-state index contributed by atoms with van der Waals surface area (Å²) in [6, 6.07) is 0. The average Bonchev–Trinajstić information content (AvgIpc) is 2.39. The Morgan fingerprint density at radius 3 is 2.46 bits per heavy atom. The van der Waals surface area contributed by atoms with Gasteiger partial charge in [0.05, 0.1) is 6.10 Å². The third-order valence-corrected chi connectivity index (χ3v) is 3.44. The lowest BCUT2D eigenvalue weighted by molar-refractivity contribution is 0.0402. The number of rotatable bonds is 3. The lowest BCUT2D eigenvalue weighted by Crippen LogP contribution is -2.30. The molecule has 5 atom stereocenters. The first kappa shape index (κ1) is 11.0. The molecule has 3 nitrogen and oxygen atoms in total. The van der Waals surface area contributed by atoms with Crippen LogP contribution in [0.15, 0.2) is 0 Å². The predicted octanol–water partition coefficient (Wildman–Crippen LogP) is 0.240. The Morgan fingerprint density at radius 2 is 2.00 bits per heavy atom. The van der Waals surface area contributed by atoms with Crippen molar-refractivity contribution in [2.24, 2.45) is 23.7 Å². The first-order chi connectivity index (χ1) is 6.11. The molecule has 0 spiro atoms. The molecule has 1 rings (SSSR count). The summed E-state index contributed by atoms with van der Waals surface area (Å²) in [5.74, 6) is 0.651. The van der Waals surface area contributed by atoms with Crippen molar-refractivity contribution < 1.29 is 15.3 Å². The highest BCUT2D eigenvalue weighted by molar-refractivity contribution is 4.91. The van der Waals surface area contributed by atoms with Crippen LogP contribution < -0.4 is 0 Å². The summed E-state index contributed by atoms with van der Waals surface area (Å²) < 4.78 is 0. The van der Waals surface area contributed by atoms with Gasteiger partial charge in [0.2, 0.25) is 0 Å². The maximum Gasteiger partial charge on any atom is 0.0578 e. The van der Waals surface area contributed by atoms with Crippen molar-refractivity contribution in [2.45, 2.75) is 26.4 Å². The Morgan fingerprint density at radius 1 is 1.38 bits per heavy atom. The fraction of sp³-hybridized carbons (Fsp3) is 1.00. The molecule has 1 aliphatic carbocycles. The molecule has 0 aromatic heterocycles. The van der Waals surface area contributed by atoms with Crippen molar-refractivity contribution in [1.82, 2.24) is 0 Å². The van der Waals surface area contributed by atoms with Crippen molar-refractivity contribution in [3.05, 3.63) is 0 Å². The van der Waals surface area contributed by atoms with Crippen LogP contribution in [0.3, 0.4) is 0 Å². The summed E-state index contributed by atoms with van der Waals surface area (Å²) in [5.41, 5.74) is 0. The molecule has 13 heavy (non-hydrogen) atoms. The zero-order chi connectivity index (χ0) is 10.0. The van der Waals surface area contributed by atoms with Gasteiger partial charge in [0, 0.05) is 13.2 Å². The highest BCUT2D eigenvalue weighted by Crippen LogP contribution is 2.40. The summed E-state index contributed by atoms with van der Waals surface area (Å²) in [7, 11) is 0. The van der Waals surface area contributed by atoms with Crippen LogP contribution in [0.4, 0.5) is 0 Å². The molecule has 0 heterocycles. The van der Waals surface area contributed by atoms with Gasteiger partial charge >= 0.3 is 0 Å². The minimum absolute atomic E-state index is 0.0602. The van der Waals surface area contributed by atoms with Crippen LogP contribution in [0.1, 0.15) is 20.3 Å². The zero-order valence-corrected chi connectivity index (χ0v) is 8.35. The fourth-order valence-electron chi connectivity index (χ4n) is 2.60. The van der Waals surface area contributed by atoms with Gasteiger partial charge in [-0.3, -0.25) is 0 Å². The van der Waals surface area contributed by atoms with Crippen LogP contribution in [0.5, 0.6) is 0 Å². The quantitative estimate of drug-likeness (QED) is 0.594. The molecule has 0 aromatic carbocycles. The standard InChI is InChI=1S/C10H20O3/c1-6-3-9(13)10(7(2)4-11)8(6)5-12/h6-13H,3-5H2,1-2H3. The lowest BCUT2D eigenvalue weighted by Gasteiger charge is -2.26. The van der Waals surface area contributed by atoms with Gasteiger partial charge in [0.1, 0.15) is 0 Å². The first-order valence-corrected chi connectivity index (χ1v) is 5.01. The molecule has 0 aliphatic heterocycles. The molecule has 1 fully saturated rings. The van der Waals surface area contributed by atoms with Crippen LogP contribution in [0.2, 0.25) is 0 Å². The van der Waals surface area contributed by atoms with Gasteiger partial charge in [-0.1, -0.05) is 13.8 Å². The molecule has 0 aromatic rings. The molecule has 0 radical (unpaired) electrons. The van der Waals surface area contributed by atoms with E-state index < -0.39 is 0 Å². The smallest absolute Gasteiger partial charge is 0.0578 e. The van der Waals surface area contributed by atoms with Gasteiger partial charge in [-0.05, 0) is 30.1 Å². The van der Waals surface area contributed by atoms with E-state index in [9.17, 15) is 10.2 Å². The molecule has 78 valence electrons. The van der Waals surface area contributed by atoms with Gasteiger partial charge in [-0.25, -0.2) is 0 Å². The maximum absolute atomic E-state index is 9.74. The minimum atomic E-state index is -0.353. The third kappa shape index (κ3) is 2.03. The second kappa shape index (κ2) is 4.40. The van der Waals surface area contributed by atoms with E-state index in [1.807, 2.05) is 13.8 Å². The Labute approximate surface area is 79.4 Å². The van der Waals surface area contributed by atoms with E-state index in [2.05, 4.69) is 0 Å². The summed E-state index contributed by atoms with van der Waals surface area (Å²) in [4.78, 5) is 0. The van der Waals surface area contributed by atoms with E-state index in [1.165, 1.54) is 0 Å². The molecular formula is C10H20O3. The molecule has 0 amide bonds. The normalized spacial score (nSPS) is 42.2. The number of hydrogen-bond donors (Lipinski definition) is 3. The molecule has 1 saturated carbocycles. The van der Waals surface area contributed by atoms with Crippen LogP contribution in [-0.4, -0.2) is 34.6 Å². The number of aliphatic hydroxyl groups excluding tert-OH is 3. The third-order valence-electron chi connectivity index (χ3n) is 3.44. The van der Waals surface area contributed by atoms with Crippen molar-refractivity contribution in [3.63, 3.8) is 0 Å². The summed E-state index contributed by atoms with van der Waals surface area (Å²) in [5, 5.41) is 27.9. The zero-order valence-electron chi connectivity index (χ0n) is 8.35. The summed E-state index contributed by atoms with van der Waals surface area (Å²) >= 11 is 0. The maximum atomic E-state index is 9.74. The largest absolute Gasteiger partial charge is 0.396 e. The monoisotopic (exact) mass is 188 g/mol. The van der Waals surface area contributed by atoms with E-state index in [4.69, 9.17) is 5.11 Å². The highest BCUT2D eigenvalue weighted by atomic mass is 16.3. The van der Waals surface area contributed by atoms with Gasteiger partial charge in [0.15, 0.2) is 0 Å². The topological polar surface area (TPSA) is 60.7 Å². The van der Waals surface area contributed by atoms with E-state index in [1.54, 1.807) is 0 Å². The number of hydrogen-bond acceptors (Lipinski definition) is 3. The average molecular weight is 188 g/mol. The van der Waals surface area contributed by atoms with Crippen molar-refractivity contribution in [3.8, 4) is 0 Å². The van der Waals surface area contributed by atoms with Crippen molar-refractivity contribution in [1.29, 1.82) is 0 Å². The van der Waals surface area contributed by atoms with Crippen molar-refractivity contribution >= 4 is 0 Å². The van der Waals surface area contributed by atoms with Gasteiger partial charge < -0.3 is 15.3 Å². The van der Waals surface area contributed by atoms with Gasteiger partial charge in [-0.2, -0.15) is 0 Å².